The molecule has 3 aliphatic rings. The maximum absolute atomic E-state index is 10.7. The topological polar surface area (TPSA) is 103 Å². The van der Waals surface area contributed by atoms with Gasteiger partial charge in [0.25, 0.3) is 0 Å². The second-order valence-corrected chi connectivity index (χ2v) is 8.25. The first-order valence-electron chi connectivity index (χ1n) is 10.8. The number of fused-ring (bicyclic) bond motifs is 1. The number of aliphatic hydroxyl groups excluding tert-OH is 1. The Labute approximate surface area is 176 Å². The molecule has 0 amide bonds. The third kappa shape index (κ3) is 3.68. The Balaban J connectivity index is 1.37. The Morgan fingerprint density at radius 1 is 1.10 bits per heavy atom. The van der Waals surface area contributed by atoms with E-state index in [9.17, 15) is 5.11 Å². The predicted octanol–water partition coefficient (Wildman–Crippen LogP) is 2.01. The lowest BCUT2D eigenvalue weighted by Gasteiger charge is -2.38. The normalized spacial score (nSPS) is 22.0. The molecule has 0 spiro atoms. The zero-order valence-electron chi connectivity index (χ0n) is 17.1. The fourth-order valence-electron chi connectivity index (χ4n) is 4.64. The number of rotatable bonds is 4. The number of hydrogen-bond donors (Lipinski definition) is 4. The van der Waals surface area contributed by atoms with Gasteiger partial charge in [0.2, 0.25) is 5.95 Å². The van der Waals surface area contributed by atoms with Crippen molar-refractivity contribution in [2.24, 2.45) is 5.73 Å². The van der Waals surface area contributed by atoms with Crippen LogP contribution in [0.1, 0.15) is 31.2 Å². The molecule has 1 atom stereocenters. The van der Waals surface area contributed by atoms with Crippen LogP contribution in [0.5, 0.6) is 0 Å². The van der Waals surface area contributed by atoms with Crippen LogP contribution in [0.2, 0.25) is 0 Å². The maximum atomic E-state index is 10.7. The summed E-state index contributed by atoms with van der Waals surface area (Å²) < 4.78 is 0. The number of anilines is 4. The van der Waals surface area contributed by atoms with Crippen LogP contribution in [-0.2, 0) is 0 Å². The Morgan fingerprint density at radius 2 is 1.83 bits per heavy atom. The maximum Gasteiger partial charge on any atom is 0.229 e. The molecule has 1 saturated heterocycles. The molecule has 2 aliphatic heterocycles. The van der Waals surface area contributed by atoms with E-state index in [0.717, 1.165) is 56.1 Å². The van der Waals surface area contributed by atoms with Gasteiger partial charge in [-0.2, -0.15) is 4.98 Å². The summed E-state index contributed by atoms with van der Waals surface area (Å²) in [5.74, 6) is 1.27. The van der Waals surface area contributed by atoms with E-state index in [-0.39, 0.29) is 6.04 Å². The van der Waals surface area contributed by atoms with Gasteiger partial charge in [0.1, 0.15) is 5.82 Å². The van der Waals surface area contributed by atoms with Gasteiger partial charge >= 0.3 is 0 Å². The van der Waals surface area contributed by atoms with Crippen molar-refractivity contribution < 1.29 is 5.11 Å². The molecule has 5 N–H and O–H groups in total. The number of aromatic nitrogens is 2. The molecular weight excluding hydrogens is 378 g/mol. The van der Waals surface area contributed by atoms with Gasteiger partial charge in [-0.05, 0) is 43.2 Å². The van der Waals surface area contributed by atoms with Gasteiger partial charge in [0.05, 0.1) is 5.70 Å². The highest BCUT2D eigenvalue weighted by molar-refractivity contribution is 5.72. The first-order valence-corrected chi connectivity index (χ1v) is 10.8. The summed E-state index contributed by atoms with van der Waals surface area (Å²) in [6.45, 7) is 4.09. The molecule has 158 valence electrons. The van der Waals surface area contributed by atoms with Gasteiger partial charge in [-0.1, -0.05) is 12.8 Å². The van der Waals surface area contributed by atoms with Crippen molar-refractivity contribution in [3.05, 3.63) is 41.7 Å². The largest absolute Gasteiger partial charge is 0.398 e. The van der Waals surface area contributed by atoms with E-state index in [0.29, 0.717) is 11.6 Å². The highest BCUT2D eigenvalue weighted by Crippen LogP contribution is 2.36. The molecule has 0 radical (unpaired) electrons. The fraction of sp³-hybridized carbons (Fsp3) is 0.455. The summed E-state index contributed by atoms with van der Waals surface area (Å²) in [4.78, 5) is 13.6. The van der Waals surface area contributed by atoms with Crippen LogP contribution in [-0.4, -0.2) is 53.5 Å². The minimum Gasteiger partial charge on any atom is -0.398 e. The number of hydrogen-bond acceptors (Lipinski definition) is 8. The number of benzene rings is 1. The van der Waals surface area contributed by atoms with Crippen LogP contribution in [0, 0.1) is 0 Å². The zero-order valence-corrected chi connectivity index (χ0v) is 17.1. The average molecular weight is 408 g/mol. The lowest BCUT2D eigenvalue weighted by molar-refractivity contribution is 0.189. The third-order valence-corrected chi connectivity index (χ3v) is 6.25. The second kappa shape index (κ2) is 8.12. The SMILES string of the molecule is NC1=Cc2cnc(Nc3ccc(N4CCNCC4)cc3)nc2N(C2CCCC2)C1O. The van der Waals surface area contributed by atoms with Crippen LogP contribution >= 0.6 is 0 Å². The minimum atomic E-state index is -0.832. The standard InChI is InChI=1S/C22H29N7O/c23-19-13-15-14-25-22(27-20(15)29(21(19)30)18-3-1-2-4-18)26-16-5-7-17(8-6-16)28-11-9-24-10-12-28/h5-8,13-14,18,21,24,30H,1-4,9-12,23H2,(H,25,26,27). The van der Waals surface area contributed by atoms with Crippen LogP contribution in [0.4, 0.5) is 23.1 Å². The predicted molar refractivity (Wildman–Crippen MR) is 120 cm³/mol. The van der Waals surface area contributed by atoms with Gasteiger partial charge in [-0.3, -0.25) is 0 Å². The van der Waals surface area contributed by atoms with Gasteiger partial charge in [-0.15, -0.1) is 0 Å². The van der Waals surface area contributed by atoms with Crippen LogP contribution < -0.4 is 26.2 Å². The quantitative estimate of drug-likeness (QED) is 0.610. The van der Waals surface area contributed by atoms with Crippen molar-refractivity contribution in [1.82, 2.24) is 15.3 Å². The van der Waals surface area contributed by atoms with Gasteiger partial charge in [-0.25, -0.2) is 4.98 Å². The van der Waals surface area contributed by atoms with Crippen LogP contribution in [0.25, 0.3) is 6.08 Å². The van der Waals surface area contributed by atoms with Crippen molar-refractivity contribution in [2.45, 2.75) is 38.0 Å². The summed E-state index contributed by atoms with van der Waals surface area (Å²) in [5.41, 5.74) is 9.54. The molecule has 8 nitrogen and oxygen atoms in total. The van der Waals surface area contributed by atoms with Crippen molar-refractivity contribution in [1.29, 1.82) is 0 Å². The molecule has 1 unspecified atom stereocenters. The molecule has 30 heavy (non-hydrogen) atoms. The third-order valence-electron chi connectivity index (χ3n) is 6.25. The first kappa shape index (κ1) is 19.1. The highest BCUT2D eigenvalue weighted by atomic mass is 16.3. The molecule has 0 bridgehead atoms. The summed E-state index contributed by atoms with van der Waals surface area (Å²) in [7, 11) is 0. The molecule has 1 aliphatic carbocycles. The molecular formula is C22H29N7O. The average Bonchev–Trinajstić information content (AvgIpc) is 3.30. The van der Waals surface area contributed by atoms with Crippen molar-refractivity contribution in [3.63, 3.8) is 0 Å². The molecule has 2 fully saturated rings. The van der Waals surface area contributed by atoms with E-state index in [1.54, 1.807) is 12.3 Å². The number of nitrogens with zero attached hydrogens (tertiary/aromatic N) is 4. The summed E-state index contributed by atoms with van der Waals surface area (Å²) >= 11 is 0. The van der Waals surface area contributed by atoms with Crippen molar-refractivity contribution >= 4 is 29.2 Å². The zero-order chi connectivity index (χ0) is 20.5. The first-order chi connectivity index (χ1) is 14.7. The molecule has 8 heteroatoms. The molecule has 3 heterocycles. The smallest absolute Gasteiger partial charge is 0.229 e. The Bertz CT molecular complexity index is 918. The summed E-state index contributed by atoms with van der Waals surface area (Å²) in [6.07, 6.45) is 7.15. The number of aliphatic hydroxyl groups is 1. The Kier molecular flexibility index (Phi) is 5.18. The number of nitrogens with two attached hydrogens (primary N) is 1. The monoisotopic (exact) mass is 407 g/mol. The van der Waals surface area contributed by atoms with Crippen LogP contribution in [0.15, 0.2) is 36.2 Å². The van der Waals surface area contributed by atoms with E-state index in [1.807, 2.05) is 4.90 Å². The highest BCUT2D eigenvalue weighted by Gasteiger charge is 2.34. The van der Waals surface area contributed by atoms with Crippen molar-refractivity contribution in [3.8, 4) is 0 Å². The lowest BCUT2D eigenvalue weighted by Crippen LogP contribution is -2.47. The number of piperazine rings is 1. The lowest BCUT2D eigenvalue weighted by atomic mass is 10.1. The Morgan fingerprint density at radius 3 is 2.57 bits per heavy atom. The molecule has 2 aromatic rings. The van der Waals surface area contributed by atoms with E-state index in [1.165, 1.54) is 18.5 Å². The molecule has 5 rings (SSSR count). The Hall–Kier alpha value is -2.84. The molecule has 1 aromatic heterocycles. The summed E-state index contributed by atoms with van der Waals surface area (Å²) in [6, 6.07) is 8.63. The molecule has 1 aromatic carbocycles. The fourth-order valence-corrected chi connectivity index (χ4v) is 4.64. The minimum absolute atomic E-state index is 0.257. The van der Waals surface area contributed by atoms with E-state index < -0.39 is 6.23 Å². The molecule has 1 saturated carbocycles. The van der Waals surface area contributed by atoms with Gasteiger partial charge < -0.3 is 31.3 Å². The second-order valence-electron chi connectivity index (χ2n) is 8.25. The van der Waals surface area contributed by atoms with Gasteiger partial charge in [0.15, 0.2) is 6.23 Å². The van der Waals surface area contributed by atoms with Crippen LogP contribution in [0.3, 0.4) is 0 Å². The summed E-state index contributed by atoms with van der Waals surface area (Å²) in [5, 5.41) is 17.4. The number of nitrogens with one attached hydrogen (secondary N) is 2. The van der Waals surface area contributed by atoms with E-state index in [4.69, 9.17) is 10.7 Å². The van der Waals surface area contributed by atoms with E-state index in [2.05, 4.69) is 44.8 Å². The van der Waals surface area contributed by atoms with Crippen molar-refractivity contribution in [2.75, 3.05) is 41.3 Å². The van der Waals surface area contributed by atoms with Gasteiger partial charge in [0, 0.05) is 55.4 Å². The van der Waals surface area contributed by atoms with E-state index >= 15 is 0 Å².